The van der Waals surface area contributed by atoms with E-state index < -0.39 is 34.9 Å². The van der Waals surface area contributed by atoms with Crippen LogP contribution in [0.5, 0.6) is 0 Å². The first-order valence-electron chi connectivity index (χ1n) is 9.47. The molecule has 0 bridgehead atoms. The fraction of sp³-hybridized carbons (Fsp3) is 0.318. The van der Waals surface area contributed by atoms with Crippen molar-refractivity contribution in [3.8, 4) is 6.07 Å². The molecular weight excluding hydrogens is 419 g/mol. The van der Waals surface area contributed by atoms with E-state index in [4.69, 9.17) is 5.26 Å². The molecule has 2 rings (SSSR count). The van der Waals surface area contributed by atoms with Crippen LogP contribution in [-0.2, 0) is 21.4 Å². The number of carbonyl (C=O) groups is 4. The fourth-order valence-electron chi connectivity index (χ4n) is 3.27. The van der Waals surface area contributed by atoms with Gasteiger partial charge >= 0.3 is 5.97 Å². The number of nitrogens with zero attached hydrogens (tertiary/aromatic N) is 2. The summed E-state index contributed by atoms with van der Waals surface area (Å²) >= 11 is 0. The van der Waals surface area contributed by atoms with E-state index in [1.807, 2.05) is 0 Å². The molecule has 0 aliphatic carbocycles. The van der Waals surface area contributed by atoms with E-state index in [-0.39, 0.29) is 28.1 Å². The Kier molecular flexibility index (Phi) is 6.84. The maximum atomic E-state index is 13.5. The van der Waals surface area contributed by atoms with Gasteiger partial charge in [-0.3, -0.25) is 14.4 Å². The summed E-state index contributed by atoms with van der Waals surface area (Å²) in [5.41, 5.74) is -0.684. The first kappa shape index (κ1) is 24.3. The summed E-state index contributed by atoms with van der Waals surface area (Å²) in [4.78, 5) is 50.0. The highest BCUT2D eigenvalue weighted by atomic mass is 19.1. The molecule has 2 amide bonds. The summed E-state index contributed by atoms with van der Waals surface area (Å²) < 4.78 is 19.5. The number of hydrogen-bond donors (Lipinski definition) is 2. The van der Waals surface area contributed by atoms with E-state index in [9.17, 15) is 23.6 Å². The van der Waals surface area contributed by atoms with E-state index in [0.29, 0.717) is 5.69 Å². The fourth-order valence-corrected chi connectivity index (χ4v) is 3.27. The van der Waals surface area contributed by atoms with Crippen LogP contribution in [0.4, 0.5) is 10.1 Å². The lowest BCUT2D eigenvalue weighted by atomic mass is 10.0. The van der Waals surface area contributed by atoms with Crippen molar-refractivity contribution >= 4 is 29.3 Å². The molecular formula is C22H23FN4O5. The Balaban J connectivity index is 2.37. The molecule has 1 heterocycles. The molecule has 0 saturated heterocycles. The number of carbonyl (C=O) groups excluding carboxylic acids is 4. The number of rotatable bonds is 6. The molecule has 1 aromatic carbocycles. The van der Waals surface area contributed by atoms with Gasteiger partial charge in [0.05, 0.1) is 23.9 Å². The molecule has 1 aromatic heterocycles. The van der Waals surface area contributed by atoms with Gasteiger partial charge in [-0.25, -0.2) is 9.18 Å². The van der Waals surface area contributed by atoms with E-state index in [1.165, 1.54) is 44.5 Å². The molecule has 168 valence electrons. The number of Topliss-reactive ketones (excluding diaryl/α,β-unsaturated/α-hetero) is 1. The maximum absolute atomic E-state index is 13.5. The summed E-state index contributed by atoms with van der Waals surface area (Å²) in [6.45, 7) is 5.90. The number of methoxy groups -OCH3 is 1. The van der Waals surface area contributed by atoms with Crippen LogP contribution in [0.2, 0.25) is 0 Å². The van der Waals surface area contributed by atoms with Crippen molar-refractivity contribution in [1.29, 1.82) is 5.26 Å². The zero-order valence-corrected chi connectivity index (χ0v) is 18.5. The molecule has 2 N–H and O–H groups in total. The number of nitrogens with one attached hydrogen (secondary N) is 2. The van der Waals surface area contributed by atoms with Gasteiger partial charge in [0.2, 0.25) is 0 Å². The Bertz CT molecular complexity index is 1170. The lowest BCUT2D eigenvalue weighted by molar-refractivity contribution is -0.148. The number of amides is 2. The van der Waals surface area contributed by atoms with Crippen LogP contribution in [0, 0.1) is 31.0 Å². The zero-order valence-electron chi connectivity index (χ0n) is 18.5. The third-order valence-electron chi connectivity index (χ3n) is 5.05. The average Bonchev–Trinajstić information content (AvgIpc) is 2.95. The van der Waals surface area contributed by atoms with Crippen molar-refractivity contribution < 1.29 is 28.3 Å². The minimum Gasteiger partial charge on any atom is -0.467 e. The van der Waals surface area contributed by atoms with Gasteiger partial charge in [-0.2, -0.15) is 5.26 Å². The Morgan fingerprint density at radius 3 is 2.38 bits per heavy atom. The number of hydrogen-bond acceptors (Lipinski definition) is 6. The van der Waals surface area contributed by atoms with Crippen molar-refractivity contribution in [2.75, 3.05) is 12.4 Å². The molecule has 0 saturated carbocycles. The highest BCUT2D eigenvalue weighted by Gasteiger charge is 2.35. The van der Waals surface area contributed by atoms with Crippen molar-refractivity contribution in [1.82, 2.24) is 9.88 Å². The topological polar surface area (TPSA) is 130 Å². The number of benzene rings is 1. The number of ether oxygens (including phenoxy) is 1. The second-order valence-corrected chi connectivity index (χ2v) is 7.65. The smallest absolute Gasteiger partial charge is 0.330 e. The zero-order chi connectivity index (χ0) is 24.4. The Labute approximate surface area is 184 Å². The molecule has 0 fully saturated rings. The van der Waals surface area contributed by atoms with E-state index in [1.54, 1.807) is 13.0 Å². The first-order valence-corrected chi connectivity index (χ1v) is 9.47. The van der Waals surface area contributed by atoms with E-state index in [0.717, 1.165) is 13.2 Å². The molecule has 0 unspecified atom stereocenters. The predicted octanol–water partition coefficient (Wildman–Crippen LogP) is 2.16. The molecule has 0 aliphatic heterocycles. The van der Waals surface area contributed by atoms with Crippen LogP contribution in [0.15, 0.2) is 18.2 Å². The molecule has 9 nitrogen and oxygen atoms in total. The summed E-state index contributed by atoms with van der Waals surface area (Å²) in [5, 5.41) is 13.9. The number of ketones is 1. The lowest BCUT2D eigenvalue weighted by Gasteiger charge is -2.22. The van der Waals surface area contributed by atoms with Gasteiger partial charge in [0.1, 0.15) is 17.4 Å². The third-order valence-corrected chi connectivity index (χ3v) is 5.05. The van der Waals surface area contributed by atoms with Gasteiger partial charge in [-0.1, -0.05) is 0 Å². The largest absolute Gasteiger partial charge is 0.467 e. The molecule has 32 heavy (non-hydrogen) atoms. The molecule has 0 atom stereocenters. The summed E-state index contributed by atoms with van der Waals surface area (Å²) in [6.07, 6.45) is 0. The van der Waals surface area contributed by atoms with Gasteiger partial charge in [-0.05, 0) is 51.5 Å². The number of aromatic nitrogens is 1. The number of nitriles is 1. The van der Waals surface area contributed by atoms with Gasteiger partial charge in [0.25, 0.3) is 17.6 Å². The van der Waals surface area contributed by atoms with E-state index >= 15 is 0 Å². The predicted molar refractivity (Wildman–Crippen MR) is 113 cm³/mol. The Hall–Kier alpha value is -4.00. The average molecular weight is 442 g/mol. The van der Waals surface area contributed by atoms with Gasteiger partial charge in [-0.15, -0.1) is 0 Å². The Morgan fingerprint density at radius 1 is 1.19 bits per heavy atom. The van der Waals surface area contributed by atoms with Crippen molar-refractivity contribution in [3.05, 3.63) is 52.1 Å². The SMILES string of the molecule is COC(=O)C(C)(C)NC(=O)C(=O)c1c(C)c(C(=O)Nc2ccc(F)c(C#N)c2)c(C)n1C. The Morgan fingerprint density at radius 2 is 1.81 bits per heavy atom. The summed E-state index contributed by atoms with van der Waals surface area (Å²) in [6, 6.07) is 5.24. The molecule has 0 aliphatic rings. The second kappa shape index (κ2) is 9.01. The van der Waals surface area contributed by atoms with Crippen LogP contribution in [0.1, 0.15) is 51.5 Å². The van der Waals surface area contributed by atoms with E-state index in [2.05, 4.69) is 15.4 Å². The monoisotopic (exact) mass is 442 g/mol. The van der Waals surface area contributed by atoms with Gasteiger partial charge < -0.3 is 19.9 Å². The lowest BCUT2D eigenvalue weighted by Crippen LogP contribution is -2.52. The maximum Gasteiger partial charge on any atom is 0.330 e. The molecule has 0 radical (unpaired) electrons. The molecule has 10 heteroatoms. The normalized spacial score (nSPS) is 10.8. The van der Waals surface area contributed by atoms with Crippen molar-refractivity contribution in [2.45, 2.75) is 33.2 Å². The van der Waals surface area contributed by atoms with Gasteiger partial charge in [0.15, 0.2) is 0 Å². The highest BCUT2D eigenvalue weighted by molar-refractivity contribution is 6.43. The van der Waals surface area contributed by atoms with Crippen LogP contribution < -0.4 is 10.6 Å². The highest BCUT2D eigenvalue weighted by Crippen LogP contribution is 2.24. The molecule has 0 spiro atoms. The van der Waals surface area contributed by atoms with Crippen LogP contribution in [-0.4, -0.2) is 40.8 Å². The summed E-state index contributed by atoms with van der Waals surface area (Å²) in [5.74, 6) is -4.01. The minimum atomic E-state index is -1.43. The second-order valence-electron chi connectivity index (χ2n) is 7.65. The summed E-state index contributed by atoms with van der Waals surface area (Å²) in [7, 11) is 2.69. The minimum absolute atomic E-state index is 0.0253. The van der Waals surface area contributed by atoms with Crippen LogP contribution in [0.3, 0.4) is 0 Å². The van der Waals surface area contributed by atoms with Gasteiger partial charge in [0, 0.05) is 18.4 Å². The standard InChI is InChI=1S/C22H23FN4O5/c1-11-16(19(29)25-14-7-8-15(23)13(9-14)10-24)12(2)27(5)17(11)18(28)20(30)26-22(3,4)21(31)32-6/h7-9H,1-6H3,(H,25,29)(H,26,30). The van der Waals surface area contributed by atoms with Crippen molar-refractivity contribution in [3.63, 3.8) is 0 Å². The molecule has 2 aromatic rings. The first-order chi connectivity index (χ1) is 14.8. The van der Waals surface area contributed by atoms with Crippen molar-refractivity contribution in [2.24, 2.45) is 7.05 Å². The van der Waals surface area contributed by atoms with Crippen LogP contribution in [0.25, 0.3) is 0 Å². The number of halogens is 1. The quantitative estimate of drug-likeness (QED) is 0.401. The number of esters is 1. The number of anilines is 1. The third kappa shape index (κ3) is 4.51. The van der Waals surface area contributed by atoms with Crippen LogP contribution >= 0.6 is 0 Å².